The van der Waals surface area contributed by atoms with E-state index in [1.165, 1.54) is 11.1 Å². The lowest BCUT2D eigenvalue weighted by Crippen LogP contribution is -2.34. The number of likely N-dealkylation sites (N-methyl/N-ethyl adjacent to an activating group) is 1. The number of hydrogen-bond donors (Lipinski definition) is 1. The number of aliphatic carboxylic acids is 1. The summed E-state index contributed by atoms with van der Waals surface area (Å²) in [6, 6.07) is 9.21. The van der Waals surface area contributed by atoms with E-state index in [9.17, 15) is 4.79 Å². The molecule has 1 unspecified atom stereocenters. The minimum atomic E-state index is -0.730. The van der Waals surface area contributed by atoms with Gasteiger partial charge in [-0.3, -0.25) is 4.79 Å². The van der Waals surface area contributed by atoms with Gasteiger partial charge in [0.2, 0.25) is 0 Å². The molecule has 0 saturated carbocycles. The Bertz CT molecular complexity index is 445. The van der Waals surface area contributed by atoms with Gasteiger partial charge in [-0.25, -0.2) is 0 Å². The van der Waals surface area contributed by atoms with Gasteiger partial charge in [-0.05, 0) is 36.4 Å². The highest BCUT2D eigenvalue weighted by Crippen LogP contribution is 2.23. The number of carboxylic acids is 1. The first kappa shape index (κ1) is 17.7. The third kappa shape index (κ3) is 5.88. The fraction of sp³-hybridized carbons (Fsp3) is 0.611. The number of rotatable bonds is 7. The molecule has 0 spiro atoms. The number of benzene rings is 1. The zero-order valence-electron chi connectivity index (χ0n) is 14.0. The van der Waals surface area contributed by atoms with Crippen LogP contribution in [0.25, 0.3) is 0 Å². The molecule has 0 amide bonds. The lowest BCUT2D eigenvalue weighted by atomic mass is 9.86. The summed E-state index contributed by atoms with van der Waals surface area (Å²) in [6.45, 7) is 9.42. The molecular weight excluding hydrogens is 262 g/mol. The summed E-state index contributed by atoms with van der Waals surface area (Å²) in [6.07, 6.45) is 2.20. The molecule has 0 radical (unpaired) electrons. The Labute approximate surface area is 129 Å². The van der Waals surface area contributed by atoms with Crippen LogP contribution >= 0.6 is 0 Å². The zero-order valence-corrected chi connectivity index (χ0v) is 14.0. The van der Waals surface area contributed by atoms with Crippen LogP contribution in [-0.4, -0.2) is 35.6 Å². The zero-order chi connectivity index (χ0) is 16.0. The SMILES string of the molecule is CCC(Cc1ccc(C(C)(C)C)cc1)N(C)CCC(=O)O. The molecule has 1 rings (SSSR count). The van der Waals surface area contributed by atoms with E-state index in [1.54, 1.807) is 0 Å². The van der Waals surface area contributed by atoms with E-state index in [4.69, 9.17) is 5.11 Å². The highest BCUT2D eigenvalue weighted by molar-refractivity contribution is 5.66. The molecule has 3 heteroatoms. The minimum Gasteiger partial charge on any atom is -0.481 e. The van der Waals surface area contributed by atoms with Crippen LogP contribution in [0.15, 0.2) is 24.3 Å². The molecule has 21 heavy (non-hydrogen) atoms. The normalized spacial score (nSPS) is 13.4. The van der Waals surface area contributed by atoms with Crippen molar-refractivity contribution in [2.24, 2.45) is 0 Å². The predicted molar refractivity (Wildman–Crippen MR) is 87.8 cm³/mol. The minimum absolute atomic E-state index is 0.182. The van der Waals surface area contributed by atoms with Crippen molar-refractivity contribution in [1.82, 2.24) is 4.90 Å². The molecule has 1 aromatic rings. The average Bonchev–Trinajstić information content (AvgIpc) is 2.41. The standard InChI is InChI=1S/C18H29NO2/c1-6-16(19(5)12-11-17(20)21)13-14-7-9-15(10-8-14)18(2,3)4/h7-10,16H,6,11-13H2,1-5H3,(H,20,21). The predicted octanol–water partition coefficient (Wildman–Crippen LogP) is 3.71. The molecule has 0 aromatic heterocycles. The van der Waals surface area contributed by atoms with Gasteiger partial charge in [-0.2, -0.15) is 0 Å². The third-order valence-corrected chi connectivity index (χ3v) is 4.06. The van der Waals surface area contributed by atoms with E-state index >= 15 is 0 Å². The van der Waals surface area contributed by atoms with E-state index in [-0.39, 0.29) is 11.8 Å². The molecule has 0 heterocycles. The van der Waals surface area contributed by atoms with Crippen LogP contribution in [0.1, 0.15) is 51.7 Å². The molecular formula is C18H29NO2. The summed E-state index contributed by atoms with van der Waals surface area (Å²) in [5, 5.41) is 8.79. The molecule has 118 valence electrons. The van der Waals surface area contributed by atoms with Crippen LogP contribution < -0.4 is 0 Å². The van der Waals surface area contributed by atoms with Crippen molar-refractivity contribution in [3.05, 3.63) is 35.4 Å². The molecule has 0 aliphatic rings. The Hall–Kier alpha value is -1.35. The summed E-state index contributed by atoms with van der Waals surface area (Å²) >= 11 is 0. The molecule has 1 aromatic carbocycles. The van der Waals surface area contributed by atoms with E-state index in [0.29, 0.717) is 12.6 Å². The lowest BCUT2D eigenvalue weighted by Gasteiger charge is -2.27. The Morgan fingerprint density at radius 1 is 1.24 bits per heavy atom. The second-order valence-corrected chi connectivity index (χ2v) is 6.84. The van der Waals surface area contributed by atoms with Gasteiger partial charge >= 0.3 is 5.97 Å². The average molecular weight is 291 g/mol. The molecule has 1 atom stereocenters. The van der Waals surface area contributed by atoms with Crippen molar-refractivity contribution in [2.75, 3.05) is 13.6 Å². The second-order valence-electron chi connectivity index (χ2n) is 6.84. The fourth-order valence-electron chi connectivity index (χ4n) is 2.48. The van der Waals surface area contributed by atoms with E-state index in [0.717, 1.165) is 12.8 Å². The van der Waals surface area contributed by atoms with Crippen molar-refractivity contribution in [1.29, 1.82) is 0 Å². The van der Waals surface area contributed by atoms with Crippen molar-refractivity contribution in [3.63, 3.8) is 0 Å². The maximum Gasteiger partial charge on any atom is 0.304 e. The topological polar surface area (TPSA) is 40.5 Å². The van der Waals surface area contributed by atoms with Crippen LogP contribution in [-0.2, 0) is 16.6 Å². The first-order valence-electron chi connectivity index (χ1n) is 7.75. The maximum absolute atomic E-state index is 10.7. The van der Waals surface area contributed by atoms with E-state index in [1.807, 2.05) is 7.05 Å². The Morgan fingerprint density at radius 3 is 2.24 bits per heavy atom. The van der Waals surface area contributed by atoms with Gasteiger partial charge in [0, 0.05) is 12.6 Å². The van der Waals surface area contributed by atoms with Crippen LogP contribution in [0, 0.1) is 0 Å². The highest BCUT2D eigenvalue weighted by atomic mass is 16.4. The Morgan fingerprint density at radius 2 is 1.81 bits per heavy atom. The number of nitrogens with zero attached hydrogens (tertiary/aromatic N) is 1. The number of carboxylic acid groups (broad SMARTS) is 1. The molecule has 3 nitrogen and oxygen atoms in total. The summed E-state index contributed by atoms with van der Waals surface area (Å²) in [7, 11) is 2.01. The van der Waals surface area contributed by atoms with Gasteiger partial charge in [-0.1, -0.05) is 52.0 Å². The number of carbonyl (C=O) groups is 1. The summed E-state index contributed by atoms with van der Waals surface area (Å²) in [5.74, 6) is -0.730. The van der Waals surface area contributed by atoms with Crippen LogP contribution in [0.4, 0.5) is 0 Å². The van der Waals surface area contributed by atoms with Gasteiger partial charge < -0.3 is 10.0 Å². The summed E-state index contributed by atoms with van der Waals surface area (Å²) in [5.41, 5.74) is 2.84. The lowest BCUT2D eigenvalue weighted by molar-refractivity contribution is -0.137. The highest BCUT2D eigenvalue weighted by Gasteiger charge is 2.16. The van der Waals surface area contributed by atoms with Gasteiger partial charge in [-0.15, -0.1) is 0 Å². The summed E-state index contributed by atoms with van der Waals surface area (Å²) in [4.78, 5) is 12.8. The molecule has 0 aliphatic carbocycles. The van der Waals surface area contributed by atoms with Crippen molar-refractivity contribution >= 4 is 5.97 Å². The van der Waals surface area contributed by atoms with Gasteiger partial charge in [0.1, 0.15) is 0 Å². The van der Waals surface area contributed by atoms with Crippen molar-refractivity contribution in [2.45, 2.75) is 58.4 Å². The molecule has 0 saturated heterocycles. The third-order valence-electron chi connectivity index (χ3n) is 4.06. The van der Waals surface area contributed by atoms with Gasteiger partial charge in [0.15, 0.2) is 0 Å². The van der Waals surface area contributed by atoms with Gasteiger partial charge in [0.25, 0.3) is 0 Å². The van der Waals surface area contributed by atoms with Crippen molar-refractivity contribution < 1.29 is 9.90 Å². The first-order valence-corrected chi connectivity index (χ1v) is 7.75. The van der Waals surface area contributed by atoms with Crippen LogP contribution in [0.5, 0.6) is 0 Å². The Kier molecular flexibility index (Phi) is 6.41. The first-order chi connectivity index (χ1) is 9.74. The smallest absolute Gasteiger partial charge is 0.304 e. The summed E-state index contributed by atoms with van der Waals surface area (Å²) < 4.78 is 0. The maximum atomic E-state index is 10.7. The van der Waals surface area contributed by atoms with E-state index in [2.05, 4.69) is 56.9 Å². The second kappa shape index (κ2) is 7.60. The molecule has 0 fully saturated rings. The quantitative estimate of drug-likeness (QED) is 0.832. The van der Waals surface area contributed by atoms with E-state index < -0.39 is 5.97 Å². The fourth-order valence-corrected chi connectivity index (χ4v) is 2.48. The van der Waals surface area contributed by atoms with Crippen LogP contribution in [0.3, 0.4) is 0 Å². The largest absolute Gasteiger partial charge is 0.481 e. The molecule has 0 bridgehead atoms. The van der Waals surface area contributed by atoms with Gasteiger partial charge in [0.05, 0.1) is 6.42 Å². The van der Waals surface area contributed by atoms with Crippen molar-refractivity contribution in [3.8, 4) is 0 Å². The molecule has 1 N–H and O–H groups in total. The number of hydrogen-bond acceptors (Lipinski definition) is 2. The molecule has 0 aliphatic heterocycles. The van der Waals surface area contributed by atoms with Crippen LogP contribution in [0.2, 0.25) is 0 Å². The Balaban J connectivity index is 2.66. The monoisotopic (exact) mass is 291 g/mol.